The van der Waals surface area contributed by atoms with Gasteiger partial charge in [0.2, 0.25) is 11.8 Å². The molecule has 1 atom stereocenters. The summed E-state index contributed by atoms with van der Waals surface area (Å²) in [6, 6.07) is 24.8. The van der Waals surface area contributed by atoms with Crippen LogP contribution < -0.4 is 15.4 Å². The largest absolute Gasteiger partial charge is 0.488 e. The fourth-order valence-corrected chi connectivity index (χ4v) is 7.39. The van der Waals surface area contributed by atoms with Gasteiger partial charge < -0.3 is 44.6 Å². The summed E-state index contributed by atoms with van der Waals surface area (Å²) in [5.74, 6) is 1.58. The molecule has 3 heterocycles. The topological polar surface area (TPSA) is 184 Å². The molecule has 0 aliphatic carbocycles. The zero-order valence-corrected chi connectivity index (χ0v) is 34.0. The zero-order chi connectivity index (χ0) is 42.2. The highest BCUT2D eigenvalue weighted by atomic mass is 16.5. The van der Waals surface area contributed by atoms with Crippen LogP contribution >= 0.6 is 0 Å². The van der Waals surface area contributed by atoms with Crippen LogP contribution in [0.2, 0.25) is 0 Å². The molecule has 15 heteroatoms. The van der Waals surface area contributed by atoms with E-state index in [0.717, 1.165) is 68.6 Å². The molecule has 310 valence electrons. The molecule has 0 bridgehead atoms. The van der Waals surface area contributed by atoms with Crippen LogP contribution in [0.15, 0.2) is 91.3 Å². The average Bonchev–Trinajstić information content (AvgIpc) is 3.96. The maximum atomic E-state index is 13.9. The third-order valence-corrected chi connectivity index (χ3v) is 10.3. The Labute approximate surface area is 347 Å². The maximum Gasteiger partial charge on any atom is 0.407 e. The number of alkyl carbamates (subject to hydrolysis) is 2. The van der Waals surface area contributed by atoms with Crippen LogP contribution in [-0.2, 0) is 38.8 Å². The number of methoxy groups -OCH3 is 2. The van der Waals surface area contributed by atoms with Gasteiger partial charge in [-0.25, -0.2) is 19.6 Å². The molecule has 2 aromatic heterocycles. The van der Waals surface area contributed by atoms with Crippen LogP contribution in [-0.4, -0.2) is 87.6 Å². The molecular weight excluding hydrogens is 765 g/mol. The maximum absolute atomic E-state index is 13.9. The Kier molecular flexibility index (Phi) is 12.7. The summed E-state index contributed by atoms with van der Waals surface area (Å²) in [5, 5.41) is 7.14. The van der Waals surface area contributed by atoms with Crippen molar-refractivity contribution >= 4 is 34.8 Å². The summed E-state index contributed by atoms with van der Waals surface area (Å²) in [7, 11) is 2.53. The van der Waals surface area contributed by atoms with Gasteiger partial charge in [0.05, 0.1) is 51.1 Å². The van der Waals surface area contributed by atoms with Gasteiger partial charge in [-0.1, -0.05) is 74.5 Å². The Balaban J connectivity index is 1.05. The third-order valence-electron chi connectivity index (χ3n) is 10.3. The van der Waals surface area contributed by atoms with Gasteiger partial charge in [0, 0.05) is 29.6 Å². The first-order chi connectivity index (χ1) is 29.2. The van der Waals surface area contributed by atoms with Crippen LogP contribution in [0.1, 0.15) is 55.5 Å². The number of aromatic amines is 2. The lowest BCUT2D eigenvalue weighted by Crippen LogP contribution is -2.43. The highest BCUT2D eigenvalue weighted by molar-refractivity contribution is 5.98. The third kappa shape index (κ3) is 9.09. The van der Waals surface area contributed by atoms with Gasteiger partial charge in [-0.3, -0.25) is 9.59 Å². The number of carbonyl (C=O) groups excluding carboxylic acids is 4. The Morgan fingerprint density at radius 3 is 2.08 bits per heavy atom. The lowest BCUT2D eigenvalue weighted by molar-refractivity contribution is -0.134. The molecule has 1 aliphatic rings. The lowest BCUT2D eigenvalue weighted by atomic mass is 9.92. The van der Waals surface area contributed by atoms with Crippen molar-refractivity contribution in [2.24, 2.45) is 0 Å². The number of imidazole rings is 2. The molecular formula is C45H48N8O7. The van der Waals surface area contributed by atoms with E-state index in [9.17, 15) is 19.2 Å². The fraction of sp³-hybridized carbons (Fsp3) is 0.289. The number of amides is 4. The van der Waals surface area contributed by atoms with Crippen molar-refractivity contribution in [2.75, 3.05) is 33.9 Å². The van der Waals surface area contributed by atoms with E-state index in [0.29, 0.717) is 36.9 Å². The summed E-state index contributed by atoms with van der Waals surface area (Å²) in [6.45, 7) is 5.70. The fourth-order valence-electron chi connectivity index (χ4n) is 7.39. The minimum absolute atomic E-state index is 0.159. The first kappa shape index (κ1) is 41.0. The number of hydrogen-bond donors (Lipinski definition) is 4. The quantitative estimate of drug-likeness (QED) is 0.0840. The minimum Gasteiger partial charge on any atom is -0.488 e. The molecule has 4 N–H and O–H groups in total. The van der Waals surface area contributed by atoms with E-state index in [4.69, 9.17) is 9.47 Å². The van der Waals surface area contributed by atoms with E-state index in [1.807, 2.05) is 38.1 Å². The van der Waals surface area contributed by atoms with Gasteiger partial charge in [0.15, 0.2) is 0 Å². The van der Waals surface area contributed by atoms with E-state index >= 15 is 0 Å². The Hall–Kier alpha value is -7.16. The normalized spacial score (nSPS) is 12.1. The van der Waals surface area contributed by atoms with Gasteiger partial charge in [-0.15, -0.1) is 0 Å². The summed E-state index contributed by atoms with van der Waals surface area (Å²) >= 11 is 0. The van der Waals surface area contributed by atoms with Crippen LogP contribution in [0.3, 0.4) is 0 Å². The number of fused-ring (bicyclic) bond motifs is 5. The molecule has 0 saturated heterocycles. The Bertz CT molecular complexity index is 2500. The molecule has 6 aromatic rings. The highest BCUT2D eigenvalue weighted by Gasteiger charge is 2.29. The van der Waals surface area contributed by atoms with Crippen LogP contribution in [0.25, 0.3) is 44.4 Å². The summed E-state index contributed by atoms with van der Waals surface area (Å²) in [6.07, 6.45) is 3.66. The van der Waals surface area contributed by atoms with Crippen molar-refractivity contribution in [3.05, 3.63) is 114 Å². The van der Waals surface area contributed by atoms with Crippen LogP contribution in [0.5, 0.6) is 5.75 Å². The molecule has 0 saturated carbocycles. The molecule has 0 unspecified atom stereocenters. The number of rotatable bonds is 15. The molecule has 4 aromatic carbocycles. The van der Waals surface area contributed by atoms with E-state index < -0.39 is 18.2 Å². The number of hydrogen-bond acceptors (Lipinski definition) is 9. The SMILES string of the molecule is CCCN(Cc1ncc(-c2ccc3c4c(ccc3c2)-c2ccc(-c3cnc(CN(CCC)C(=O)[C@H](NC(=O)OC)c5ccccc5)[nH]3)cc2CO4)[nH]1)C(=O)CNC(=O)OC. The molecule has 60 heavy (non-hydrogen) atoms. The van der Waals surface area contributed by atoms with E-state index in [-0.39, 0.29) is 31.4 Å². The summed E-state index contributed by atoms with van der Waals surface area (Å²) in [5.41, 5.74) is 7.29. The van der Waals surface area contributed by atoms with Gasteiger partial charge in [0.25, 0.3) is 0 Å². The van der Waals surface area contributed by atoms with Crippen molar-refractivity contribution in [1.29, 1.82) is 0 Å². The second kappa shape index (κ2) is 18.6. The second-order valence-corrected chi connectivity index (χ2v) is 14.4. The van der Waals surface area contributed by atoms with Gasteiger partial charge >= 0.3 is 12.2 Å². The average molecular weight is 813 g/mol. The number of ether oxygens (including phenoxy) is 3. The standard InChI is InChI=1S/C45H48N8O7/c1-5-18-52(40(54)24-48-44(56)58-3)25-38-46-22-36(49-38)30-14-16-34-29(20-30)12-17-35-33-15-13-31(21-32(33)27-60-42(34)35)37-23-47-39(50-37)26-53(19-6-2)43(55)41(51-45(57)59-4)28-10-8-7-9-11-28/h7-17,20-23,41H,5-6,18-19,24-27H2,1-4H3,(H,46,49)(H,47,50)(H,48,56)(H,51,57)/t41-/m1/s1. The van der Waals surface area contributed by atoms with Crippen molar-refractivity contribution < 1.29 is 33.4 Å². The predicted octanol–water partition coefficient (Wildman–Crippen LogP) is 7.11. The first-order valence-corrected chi connectivity index (χ1v) is 19.9. The number of carbonyl (C=O) groups is 4. The van der Waals surface area contributed by atoms with Crippen LogP contribution in [0.4, 0.5) is 9.59 Å². The lowest BCUT2D eigenvalue weighted by Gasteiger charge is -2.27. The van der Waals surface area contributed by atoms with Crippen molar-refractivity contribution in [1.82, 2.24) is 40.4 Å². The summed E-state index contributed by atoms with van der Waals surface area (Å²) < 4.78 is 15.8. The van der Waals surface area contributed by atoms with Crippen LogP contribution in [0, 0.1) is 0 Å². The molecule has 7 rings (SSSR count). The number of benzene rings is 4. The van der Waals surface area contributed by atoms with Crippen molar-refractivity contribution in [3.8, 4) is 39.4 Å². The monoisotopic (exact) mass is 812 g/mol. The second-order valence-electron chi connectivity index (χ2n) is 14.4. The summed E-state index contributed by atoms with van der Waals surface area (Å²) in [4.78, 5) is 69.6. The van der Waals surface area contributed by atoms with Gasteiger partial charge in [-0.05, 0) is 58.7 Å². The van der Waals surface area contributed by atoms with Crippen molar-refractivity contribution in [2.45, 2.75) is 52.4 Å². The predicted molar refractivity (Wildman–Crippen MR) is 225 cm³/mol. The van der Waals surface area contributed by atoms with E-state index in [1.165, 1.54) is 14.2 Å². The number of nitrogens with zero attached hydrogens (tertiary/aromatic N) is 4. The Morgan fingerprint density at radius 1 is 0.767 bits per heavy atom. The number of aromatic nitrogens is 4. The molecule has 4 amide bonds. The molecule has 0 fully saturated rings. The number of nitrogens with one attached hydrogen (secondary N) is 4. The smallest absolute Gasteiger partial charge is 0.407 e. The van der Waals surface area contributed by atoms with E-state index in [1.54, 1.807) is 34.3 Å². The van der Waals surface area contributed by atoms with Gasteiger partial charge in [-0.2, -0.15) is 0 Å². The Morgan fingerprint density at radius 2 is 1.40 bits per heavy atom. The highest BCUT2D eigenvalue weighted by Crippen LogP contribution is 2.44. The first-order valence-electron chi connectivity index (χ1n) is 19.9. The van der Waals surface area contributed by atoms with Crippen molar-refractivity contribution in [3.63, 3.8) is 0 Å². The molecule has 1 aliphatic heterocycles. The zero-order valence-electron chi connectivity index (χ0n) is 34.0. The van der Waals surface area contributed by atoms with Gasteiger partial charge in [0.1, 0.15) is 36.6 Å². The molecule has 15 nitrogen and oxygen atoms in total. The molecule has 0 spiro atoms. The minimum atomic E-state index is -0.913. The molecule has 0 radical (unpaired) electrons. The number of H-pyrrole nitrogens is 2. The van der Waals surface area contributed by atoms with E-state index in [2.05, 4.69) is 77.8 Å².